The van der Waals surface area contributed by atoms with Gasteiger partial charge in [-0.25, -0.2) is 0 Å². The Labute approximate surface area is 94.1 Å². The van der Waals surface area contributed by atoms with Gasteiger partial charge in [0.1, 0.15) is 0 Å². The molecule has 0 saturated heterocycles. The lowest BCUT2D eigenvalue weighted by molar-refractivity contribution is -0.0940. The zero-order valence-electron chi connectivity index (χ0n) is 10.8. The van der Waals surface area contributed by atoms with E-state index in [1.807, 2.05) is 0 Å². The van der Waals surface area contributed by atoms with Gasteiger partial charge < -0.3 is 14.2 Å². The van der Waals surface area contributed by atoms with Crippen molar-refractivity contribution in [1.29, 1.82) is 0 Å². The molecular formula is C12H26O3. The number of rotatable bonds is 9. The molecule has 1 atom stereocenters. The molecule has 0 heterocycles. The first-order valence-electron chi connectivity index (χ1n) is 5.76. The molecular weight excluding hydrogens is 192 g/mol. The fourth-order valence-corrected chi connectivity index (χ4v) is 1.13. The first kappa shape index (κ1) is 14.9. The van der Waals surface area contributed by atoms with Gasteiger partial charge in [0.2, 0.25) is 0 Å². The van der Waals surface area contributed by atoms with Crippen molar-refractivity contribution in [2.75, 3.05) is 26.9 Å². The molecule has 0 rings (SSSR count). The molecule has 0 aromatic rings. The van der Waals surface area contributed by atoms with E-state index in [4.69, 9.17) is 14.2 Å². The Kier molecular flexibility index (Phi) is 8.02. The molecule has 0 radical (unpaired) electrons. The Hall–Kier alpha value is -0.120. The molecule has 0 fully saturated rings. The average Bonchev–Trinajstić information content (AvgIpc) is 2.21. The monoisotopic (exact) mass is 218 g/mol. The molecule has 0 saturated carbocycles. The third-order valence-corrected chi connectivity index (χ3v) is 2.14. The number of hydrogen-bond donors (Lipinski definition) is 0. The van der Waals surface area contributed by atoms with E-state index in [9.17, 15) is 0 Å². The predicted octanol–water partition coefficient (Wildman–Crippen LogP) is 2.63. The van der Waals surface area contributed by atoms with Crippen molar-refractivity contribution in [3.05, 3.63) is 0 Å². The lowest BCUT2D eigenvalue weighted by Crippen LogP contribution is -2.33. The Balaban J connectivity index is 3.62. The van der Waals surface area contributed by atoms with Crippen molar-refractivity contribution < 1.29 is 14.2 Å². The largest absolute Gasteiger partial charge is 0.385 e. The molecule has 0 bridgehead atoms. The van der Waals surface area contributed by atoms with Crippen molar-refractivity contribution in [2.45, 2.75) is 52.2 Å². The van der Waals surface area contributed by atoms with Crippen LogP contribution in [0.3, 0.4) is 0 Å². The third-order valence-electron chi connectivity index (χ3n) is 2.14. The highest BCUT2D eigenvalue weighted by molar-refractivity contribution is 4.68. The van der Waals surface area contributed by atoms with Crippen LogP contribution in [0.4, 0.5) is 0 Å². The van der Waals surface area contributed by atoms with E-state index < -0.39 is 0 Å². The van der Waals surface area contributed by atoms with Crippen LogP contribution in [-0.4, -0.2) is 38.6 Å². The van der Waals surface area contributed by atoms with Crippen LogP contribution in [-0.2, 0) is 14.2 Å². The summed E-state index contributed by atoms with van der Waals surface area (Å²) < 4.78 is 16.4. The van der Waals surface area contributed by atoms with E-state index >= 15 is 0 Å². The Morgan fingerprint density at radius 3 is 2.40 bits per heavy atom. The zero-order valence-corrected chi connectivity index (χ0v) is 10.8. The molecule has 92 valence electrons. The SMILES string of the molecule is CCCOC(C)(C)COC(C)CCOC. The molecule has 0 amide bonds. The number of hydrogen-bond acceptors (Lipinski definition) is 3. The maximum Gasteiger partial charge on any atom is 0.0859 e. The average molecular weight is 218 g/mol. The van der Waals surface area contributed by atoms with Gasteiger partial charge in [0.25, 0.3) is 0 Å². The smallest absolute Gasteiger partial charge is 0.0859 e. The van der Waals surface area contributed by atoms with E-state index in [1.54, 1.807) is 7.11 Å². The maximum atomic E-state index is 5.70. The fraction of sp³-hybridized carbons (Fsp3) is 1.00. The van der Waals surface area contributed by atoms with Crippen LogP contribution in [0.5, 0.6) is 0 Å². The highest BCUT2D eigenvalue weighted by Gasteiger charge is 2.19. The Morgan fingerprint density at radius 2 is 1.87 bits per heavy atom. The molecule has 0 spiro atoms. The van der Waals surface area contributed by atoms with Gasteiger partial charge in [-0.15, -0.1) is 0 Å². The van der Waals surface area contributed by atoms with Gasteiger partial charge >= 0.3 is 0 Å². The van der Waals surface area contributed by atoms with Gasteiger partial charge in [-0.1, -0.05) is 6.92 Å². The van der Waals surface area contributed by atoms with E-state index in [1.165, 1.54) is 0 Å². The maximum absolute atomic E-state index is 5.70. The lowest BCUT2D eigenvalue weighted by atomic mass is 10.1. The summed E-state index contributed by atoms with van der Waals surface area (Å²) in [4.78, 5) is 0. The second kappa shape index (κ2) is 8.08. The lowest BCUT2D eigenvalue weighted by Gasteiger charge is -2.26. The topological polar surface area (TPSA) is 27.7 Å². The zero-order chi connectivity index (χ0) is 11.7. The highest BCUT2D eigenvalue weighted by atomic mass is 16.5. The van der Waals surface area contributed by atoms with Crippen molar-refractivity contribution in [1.82, 2.24) is 0 Å². The van der Waals surface area contributed by atoms with Crippen molar-refractivity contribution >= 4 is 0 Å². The summed E-state index contributed by atoms with van der Waals surface area (Å²) in [6.45, 7) is 10.5. The van der Waals surface area contributed by atoms with Crippen LogP contribution in [0.2, 0.25) is 0 Å². The van der Waals surface area contributed by atoms with Crippen LogP contribution in [0, 0.1) is 0 Å². The van der Waals surface area contributed by atoms with E-state index in [2.05, 4.69) is 27.7 Å². The highest BCUT2D eigenvalue weighted by Crippen LogP contribution is 2.12. The molecule has 0 aromatic carbocycles. The van der Waals surface area contributed by atoms with Gasteiger partial charge in [0, 0.05) is 20.3 Å². The first-order valence-corrected chi connectivity index (χ1v) is 5.76. The van der Waals surface area contributed by atoms with E-state index in [0.717, 1.165) is 26.1 Å². The fourth-order valence-electron chi connectivity index (χ4n) is 1.13. The van der Waals surface area contributed by atoms with E-state index in [-0.39, 0.29) is 11.7 Å². The van der Waals surface area contributed by atoms with Crippen molar-refractivity contribution in [3.63, 3.8) is 0 Å². The summed E-state index contributed by atoms with van der Waals surface area (Å²) in [5.74, 6) is 0. The summed E-state index contributed by atoms with van der Waals surface area (Å²) >= 11 is 0. The normalized spacial score (nSPS) is 14.2. The van der Waals surface area contributed by atoms with Gasteiger partial charge in [-0.3, -0.25) is 0 Å². The summed E-state index contributed by atoms with van der Waals surface area (Å²) in [5, 5.41) is 0. The Morgan fingerprint density at radius 1 is 1.20 bits per heavy atom. The first-order chi connectivity index (χ1) is 7.02. The molecule has 0 aromatic heterocycles. The standard InChI is InChI=1S/C12H26O3/c1-6-8-15-12(3,4)10-14-11(2)7-9-13-5/h11H,6-10H2,1-5H3. The molecule has 1 unspecified atom stereocenters. The molecule has 0 aliphatic carbocycles. The van der Waals surface area contributed by atoms with Crippen LogP contribution < -0.4 is 0 Å². The molecule has 0 aliphatic heterocycles. The summed E-state index contributed by atoms with van der Waals surface area (Å²) in [7, 11) is 1.71. The second-order valence-corrected chi connectivity index (χ2v) is 4.51. The van der Waals surface area contributed by atoms with Crippen LogP contribution in [0.1, 0.15) is 40.5 Å². The van der Waals surface area contributed by atoms with Gasteiger partial charge in [-0.2, -0.15) is 0 Å². The minimum absolute atomic E-state index is 0.183. The summed E-state index contributed by atoms with van der Waals surface area (Å²) in [6, 6.07) is 0. The molecule has 0 N–H and O–H groups in total. The van der Waals surface area contributed by atoms with Gasteiger partial charge in [0.05, 0.1) is 18.3 Å². The number of methoxy groups -OCH3 is 1. The minimum atomic E-state index is -0.183. The van der Waals surface area contributed by atoms with Crippen LogP contribution >= 0.6 is 0 Å². The molecule has 3 nitrogen and oxygen atoms in total. The van der Waals surface area contributed by atoms with Crippen LogP contribution in [0.15, 0.2) is 0 Å². The van der Waals surface area contributed by atoms with Crippen molar-refractivity contribution in [2.24, 2.45) is 0 Å². The van der Waals surface area contributed by atoms with E-state index in [0.29, 0.717) is 6.61 Å². The predicted molar refractivity (Wildman–Crippen MR) is 62.2 cm³/mol. The van der Waals surface area contributed by atoms with Gasteiger partial charge in [0.15, 0.2) is 0 Å². The van der Waals surface area contributed by atoms with Gasteiger partial charge in [-0.05, 0) is 33.6 Å². The van der Waals surface area contributed by atoms with Crippen LogP contribution in [0.25, 0.3) is 0 Å². The minimum Gasteiger partial charge on any atom is -0.385 e. The molecule has 15 heavy (non-hydrogen) atoms. The molecule has 3 heteroatoms. The third kappa shape index (κ3) is 8.85. The second-order valence-electron chi connectivity index (χ2n) is 4.51. The summed E-state index contributed by atoms with van der Waals surface area (Å²) in [5.41, 5.74) is -0.183. The summed E-state index contributed by atoms with van der Waals surface area (Å²) in [6.07, 6.45) is 2.21. The van der Waals surface area contributed by atoms with Crippen molar-refractivity contribution in [3.8, 4) is 0 Å². The quantitative estimate of drug-likeness (QED) is 0.595. The molecule has 0 aliphatic rings. The Bertz CT molecular complexity index is 146. The number of ether oxygens (including phenoxy) is 3.